The van der Waals surface area contributed by atoms with Gasteiger partial charge >= 0.3 is 0 Å². The van der Waals surface area contributed by atoms with Crippen LogP contribution in [0.5, 0.6) is 0 Å². The van der Waals surface area contributed by atoms with Crippen LogP contribution in [0.1, 0.15) is 6.42 Å². The Balaban J connectivity index is 2.51. The van der Waals surface area contributed by atoms with Gasteiger partial charge in [-0.1, -0.05) is 12.2 Å². The van der Waals surface area contributed by atoms with E-state index in [1.165, 1.54) is 0 Å². The van der Waals surface area contributed by atoms with Crippen LogP contribution in [-0.4, -0.2) is 11.7 Å². The Kier molecular flexibility index (Phi) is 1.90. The van der Waals surface area contributed by atoms with Gasteiger partial charge in [0.15, 0.2) is 0 Å². The van der Waals surface area contributed by atoms with Crippen LogP contribution >= 0.6 is 0 Å². The molecule has 1 aliphatic rings. The molecule has 0 saturated carbocycles. The van der Waals surface area contributed by atoms with Crippen LogP contribution < -0.4 is 5.73 Å². The lowest BCUT2D eigenvalue weighted by atomic mass is 10.0. The SMILES string of the molecule is NCC1C=CC=C(O)C1. The molecule has 0 radical (unpaired) electrons. The summed E-state index contributed by atoms with van der Waals surface area (Å²) in [6.45, 7) is 0.619. The molecule has 2 heteroatoms. The highest BCUT2D eigenvalue weighted by Crippen LogP contribution is 2.14. The van der Waals surface area contributed by atoms with Gasteiger partial charge in [-0.15, -0.1) is 0 Å². The first-order valence-electron chi connectivity index (χ1n) is 3.09. The third kappa shape index (κ3) is 1.57. The van der Waals surface area contributed by atoms with Gasteiger partial charge in [0.25, 0.3) is 0 Å². The van der Waals surface area contributed by atoms with E-state index in [1.54, 1.807) is 6.08 Å². The van der Waals surface area contributed by atoms with E-state index in [0.29, 0.717) is 24.6 Å². The van der Waals surface area contributed by atoms with Gasteiger partial charge in [-0.05, 0) is 18.5 Å². The molecule has 0 saturated heterocycles. The highest BCUT2D eigenvalue weighted by molar-refractivity contribution is 5.14. The summed E-state index contributed by atoms with van der Waals surface area (Å²) >= 11 is 0. The van der Waals surface area contributed by atoms with Gasteiger partial charge in [0.2, 0.25) is 0 Å². The molecule has 1 unspecified atom stereocenters. The Bertz CT molecular complexity index is 149. The maximum absolute atomic E-state index is 8.96. The molecule has 0 bridgehead atoms. The molecule has 0 fully saturated rings. The Labute approximate surface area is 54.7 Å². The lowest BCUT2D eigenvalue weighted by molar-refractivity contribution is 0.365. The van der Waals surface area contributed by atoms with E-state index in [9.17, 15) is 0 Å². The molecule has 2 nitrogen and oxygen atoms in total. The number of nitrogens with two attached hydrogens (primary N) is 1. The fourth-order valence-corrected chi connectivity index (χ4v) is 0.890. The lowest BCUT2D eigenvalue weighted by Crippen LogP contribution is -2.14. The van der Waals surface area contributed by atoms with Crippen molar-refractivity contribution in [1.82, 2.24) is 0 Å². The molecular weight excluding hydrogens is 114 g/mol. The molecule has 3 N–H and O–H groups in total. The Morgan fingerprint density at radius 3 is 3.00 bits per heavy atom. The van der Waals surface area contributed by atoms with Gasteiger partial charge in [-0.3, -0.25) is 0 Å². The Morgan fingerprint density at radius 2 is 2.56 bits per heavy atom. The van der Waals surface area contributed by atoms with Crippen LogP contribution in [0.2, 0.25) is 0 Å². The van der Waals surface area contributed by atoms with E-state index in [0.717, 1.165) is 0 Å². The number of rotatable bonds is 1. The maximum atomic E-state index is 8.96. The first kappa shape index (κ1) is 6.36. The number of allylic oxidation sites excluding steroid dienone is 3. The van der Waals surface area contributed by atoms with Gasteiger partial charge in [0.1, 0.15) is 0 Å². The molecule has 1 aliphatic carbocycles. The molecule has 0 aromatic rings. The minimum Gasteiger partial charge on any atom is -0.512 e. The van der Waals surface area contributed by atoms with Crippen molar-refractivity contribution in [3.05, 3.63) is 24.0 Å². The number of aliphatic hydroxyl groups is 1. The summed E-state index contributed by atoms with van der Waals surface area (Å²) < 4.78 is 0. The normalized spacial score (nSPS) is 25.9. The van der Waals surface area contributed by atoms with Crippen molar-refractivity contribution >= 4 is 0 Å². The predicted molar refractivity (Wildman–Crippen MR) is 37.0 cm³/mol. The quantitative estimate of drug-likeness (QED) is 0.548. The second kappa shape index (κ2) is 2.69. The van der Waals surface area contributed by atoms with Crippen LogP contribution in [0.15, 0.2) is 24.0 Å². The zero-order valence-corrected chi connectivity index (χ0v) is 5.25. The molecule has 0 aliphatic heterocycles. The second-order valence-electron chi connectivity index (χ2n) is 2.24. The Hall–Kier alpha value is -0.760. The van der Waals surface area contributed by atoms with E-state index in [-0.39, 0.29) is 0 Å². The molecule has 0 amide bonds. The highest BCUT2D eigenvalue weighted by atomic mass is 16.3. The summed E-state index contributed by atoms with van der Waals surface area (Å²) in [6.07, 6.45) is 6.26. The zero-order chi connectivity index (χ0) is 6.69. The summed E-state index contributed by atoms with van der Waals surface area (Å²) in [7, 11) is 0. The van der Waals surface area contributed by atoms with Gasteiger partial charge in [0, 0.05) is 6.42 Å². The van der Waals surface area contributed by atoms with E-state index < -0.39 is 0 Å². The van der Waals surface area contributed by atoms with Gasteiger partial charge in [-0.2, -0.15) is 0 Å². The predicted octanol–water partition coefficient (Wildman–Crippen LogP) is 0.963. The third-order valence-electron chi connectivity index (χ3n) is 1.45. The highest BCUT2D eigenvalue weighted by Gasteiger charge is 2.06. The van der Waals surface area contributed by atoms with Crippen LogP contribution in [0.3, 0.4) is 0 Å². The summed E-state index contributed by atoms with van der Waals surface area (Å²) in [5, 5.41) is 8.96. The standard InChI is InChI=1S/C7H11NO/c8-5-6-2-1-3-7(9)4-6/h1-3,6,9H,4-5,8H2. The molecule has 0 spiro atoms. The average molecular weight is 125 g/mol. The summed E-state index contributed by atoms with van der Waals surface area (Å²) in [5.74, 6) is 0.781. The number of hydrogen-bond donors (Lipinski definition) is 2. The van der Waals surface area contributed by atoms with Crippen molar-refractivity contribution in [1.29, 1.82) is 0 Å². The van der Waals surface area contributed by atoms with Gasteiger partial charge in [0.05, 0.1) is 5.76 Å². The molecule has 9 heavy (non-hydrogen) atoms. The van der Waals surface area contributed by atoms with E-state index >= 15 is 0 Å². The van der Waals surface area contributed by atoms with Crippen LogP contribution in [-0.2, 0) is 0 Å². The molecule has 0 aromatic heterocycles. The average Bonchev–Trinajstić information content (AvgIpc) is 1.88. The monoisotopic (exact) mass is 125 g/mol. The first-order valence-corrected chi connectivity index (χ1v) is 3.09. The van der Waals surface area contributed by atoms with E-state index in [1.807, 2.05) is 12.2 Å². The first-order chi connectivity index (χ1) is 4.33. The Morgan fingerprint density at radius 1 is 1.78 bits per heavy atom. The van der Waals surface area contributed by atoms with Crippen molar-refractivity contribution in [3.63, 3.8) is 0 Å². The van der Waals surface area contributed by atoms with Gasteiger partial charge < -0.3 is 10.8 Å². The molecule has 0 heterocycles. The van der Waals surface area contributed by atoms with E-state index in [2.05, 4.69) is 0 Å². The number of aliphatic hydroxyl groups excluding tert-OH is 1. The number of hydrogen-bond acceptors (Lipinski definition) is 2. The maximum Gasteiger partial charge on any atom is 0.0928 e. The fraction of sp³-hybridized carbons (Fsp3) is 0.429. The smallest absolute Gasteiger partial charge is 0.0928 e. The minimum atomic E-state index is 0.343. The van der Waals surface area contributed by atoms with E-state index in [4.69, 9.17) is 10.8 Å². The molecule has 0 aromatic carbocycles. The van der Waals surface area contributed by atoms with Crippen LogP contribution in [0.4, 0.5) is 0 Å². The minimum absolute atomic E-state index is 0.343. The molecular formula is C7H11NO. The fourth-order valence-electron chi connectivity index (χ4n) is 0.890. The topological polar surface area (TPSA) is 46.2 Å². The van der Waals surface area contributed by atoms with Crippen molar-refractivity contribution in [2.75, 3.05) is 6.54 Å². The lowest BCUT2D eigenvalue weighted by Gasteiger charge is -2.11. The summed E-state index contributed by atoms with van der Waals surface area (Å²) in [4.78, 5) is 0. The van der Waals surface area contributed by atoms with Crippen molar-refractivity contribution in [3.8, 4) is 0 Å². The summed E-state index contributed by atoms with van der Waals surface area (Å²) in [6, 6.07) is 0. The van der Waals surface area contributed by atoms with Crippen LogP contribution in [0.25, 0.3) is 0 Å². The zero-order valence-electron chi connectivity index (χ0n) is 5.25. The van der Waals surface area contributed by atoms with Crippen LogP contribution in [0, 0.1) is 5.92 Å². The molecule has 1 atom stereocenters. The van der Waals surface area contributed by atoms with Crippen molar-refractivity contribution < 1.29 is 5.11 Å². The van der Waals surface area contributed by atoms with Crippen molar-refractivity contribution in [2.45, 2.75) is 6.42 Å². The molecule has 1 rings (SSSR count). The summed E-state index contributed by atoms with van der Waals surface area (Å²) in [5.41, 5.74) is 5.38. The van der Waals surface area contributed by atoms with Gasteiger partial charge in [-0.25, -0.2) is 0 Å². The molecule has 50 valence electrons. The second-order valence-corrected chi connectivity index (χ2v) is 2.24. The largest absolute Gasteiger partial charge is 0.512 e. The third-order valence-corrected chi connectivity index (χ3v) is 1.45. The van der Waals surface area contributed by atoms with Crippen molar-refractivity contribution in [2.24, 2.45) is 11.7 Å².